The van der Waals surface area contributed by atoms with Crippen molar-refractivity contribution >= 4 is 67.5 Å². The van der Waals surface area contributed by atoms with Crippen LogP contribution in [0.15, 0.2) is 122 Å². The van der Waals surface area contributed by atoms with Gasteiger partial charge in [0.15, 0.2) is 0 Å². The van der Waals surface area contributed by atoms with E-state index >= 15 is 0 Å². The van der Waals surface area contributed by atoms with Gasteiger partial charge in [0.25, 0.3) is 0 Å². The number of aromatic amines is 4. The second-order valence-electron chi connectivity index (χ2n) is 14.0. The number of carboxylic acid groups (broad SMARTS) is 4. The maximum Gasteiger partial charge on any atom is 4.00 e. The van der Waals surface area contributed by atoms with Gasteiger partial charge in [-0.15, -0.1) is 0 Å². The van der Waals surface area contributed by atoms with Gasteiger partial charge < -0.3 is 82.5 Å². The smallest absolute Gasteiger partial charge is 0.548 e. The van der Waals surface area contributed by atoms with Crippen molar-refractivity contribution in [2.75, 3.05) is 0 Å². The van der Waals surface area contributed by atoms with Crippen LogP contribution in [-0.2, 0) is 71.1 Å². The van der Waals surface area contributed by atoms with Gasteiger partial charge in [0.05, 0.1) is 23.9 Å². The molecule has 12 N–H and O–H groups in total. The molecule has 0 amide bonds. The van der Waals surface area contributed by atoms with Crippen molar-refractivity contribution in [1.82, 2.24) is 19.9 Å². The van der Waals surface area contributed by atoms with Gasteiger partial charge in [-0.1, -0.05) is 72.8 Å². The summed E-state index contributed by atoms with van der Waals surface area (Å²) in [5, 5.41) is 46.1. The molecule has 4 atom stereocenters. The summed E-state index contributed by atoms with van der Waals surface area (Å²) in [6.07, 6.45) is 8.28. The standard InChI is InChI=1S/4C11H12N2O2.Zr/c4*12-9(11(14)15)5-7-6-13-10-4-2-1-3-8(7)10;/h4*1-4,6,9,13H,5,12H2,(H,14,15);/q;;;;+4/p-4. The molecule has 8 aromatic rings. The largest absolute Gasteiger partial charge is 4.00 e. The average Bonchev–Trinajstić information content (AvgIpc) is 4.05. The minimum atomic E-state index is -1.22. The van der Waals surface area contributed by atoms with Gasteiger partial charge >= 0.3 is 26.2 Å². The summed E-state index contributed by atoms with van der Waals surface area (Å²) < 4.78 is 0. The molecule has 0 spiro atoms. The van der Waals surface area contributed by atoms with Crippen LogP contribution >= 0.6 is 0 Å². The number of benzene rings is 4. The number of carbonyl (C=O) groups is 4. The fraction of sp³-hybridized carbons (Fsp3) is 0.182. The van der Waals surface area contributed by atoms with Crippen LogP contribution in [0.2, 0.25) is 0 Å². The summed E-state index contributed by atoms with van der Waals surface area (Å²) in [4.78, 5) is 54.3. The van der Waals surface area contributed by atoms with Crippen molar-refractivity contribution in [3.8, 4) is 0 Å². The molecular formula is C44H44N8O8Zr. The number of aliphatic carboxylic acids is 4. The Balaban J connectivity index is 0.000000178. The van der Waals surface area contributed by atoms with Crippen molar-refractivity contribution in [2.24, 2.45) is 22.9 Å². The number of carbonyl (C=O) groups excluding carboxylic acids is 4. The second-order valence-corrected chi connectivity index (χ2v) is 14.0. The number of H-pyrrole nitrogens is 4. The molecule has 0 saturated carbocycles. The minimum Gasteiger partial charge on any atom is -0.548 e. The Morgan fingerprint density at radius 1 is 0.377 bits per heavy atom. The minimum absolute atomic E-state index is 0. The maximum atomic E-state index is 10.5. The van der Waals surface area contributed by atoms with Crippen LogP contribution in [0.3, 0.4) is 0 Å². The third-order valence-corrected chi connectivity index (χ3v) is 9.67. The Kier molecular flexibility index (Phi) is 17.3. The summed E-state index contributed by atoms with van der Waals surface area (Å²) in [6, 6.07) is 27.0. The molecule has 61 heavy (non-hydrogen) atoms. The number of hydrogen-bond acceptors (Lipinski definition) is 12. The molecule has 0 aliphatic rings. The van der Waals surface area contributed by atoms with E-state index in [0.29, 0.717) is 0 Å². The van der Waals surface area contributed by atoms with E-state index in [1.807, 2.05) is 97.1 Å². The fourth-order valence-electron chi connectivity index (χ4n) is 6.48. The van der Waals surface area contributed by atoms with E-state index in [9.17, 15) is 39.6 Å². The van der Waals surface area contributed by atoms with E-state index < -0.39 is 48.0 Å². The SMILES string of the molecule is NC(Cc1c[nH]c2ccccc12)C(=O)[O-].NC(Cc1c[nH]c2ccccc12)C(=O)[O-].NC(Cc1c[nH]c2ccccc12)C(=O)[O-].NC(Cc1c[nH]c2ccccc12)C(=O)[O-].[Zr+4]. The number of carboxylic acids is 4. The quantitative estimate of drug-likeness (QED) is 0.0744. The first-order valence-corrected chi connectivity index (χ1v) is 18.8. The van der Waals surface area contributed by atoms with Crippen molar-refractivity contribution in [2.45, 2.75) is 49.9 Å². The number of rotatable bonds is 12. The van der Waals surface area contributed by atoms with E-state index in [4.69, 9.17) is 22.9 Å². The molecule has 4 heterocycles. The molecule has 16 nitrogen and oxygen atoms in total. The molecule has 4 unspecified atom stereocenters. The molecule has 0 aliphatic heterocycles. The third kappa shape index (κ3) is 12.8. The Bertz CT molecular complexity index is 2340. The van der Waals surface area contributed by atoms with Crippen LogP contribution in [0.1, 0.15) is 22.3 Å². The molecule has 0 fully saturated rings. The number of nitrogens with two attached hydrogens (primary N) is 4. The summed E-state index contributed by atoms with van der Waals surface area (Å²) in [7, 11) is 0. The molecule has 8 rings (SSSR count). The summed E-state index contributed by atoms with van der Waals surface area (Å²) in [5.41, 5.74) is 29.2. The zero-order chi connectivity index (χ0) is 43.3. The predicted molar refractivity (Wildman–Crippen MR) is 220 cm³/mol. The van der Waals surface area contributed by atoms with Gasteiger partial charge in [-0.2, -0.15) is 0 Å². The van der Waals surface area contributed by atoms with Gasteiger partial charge in [0.2, 0.25) is 0 Å². The summed E-state index contributed by atoms with van der Waals surface area (Å²) in [6.45, 7) is 0. The Labute approximate surface area is 368 Å². The topological polar surface area (TPSA) is 328 Å². The molecule has 0 aliphatic carbocycles. The van der Waals surface area contributed by atoms with Crippen molar-refractivity contribution < 1.29 is 65.8 Å². The van der Waals surface area contributed by atoms with Gasteiger partial charge in [-0.3, -0.25) is 0 Å². The van der Waals surface area contributed by atoms with E-state index in [1.165, 1.54) is 0 Å². The molecule has 312 valence electrons. The number of nitrogens with one attached hydrogen (secondary N) is 4. The van der Waals surface area contributed by atoms with Gasteiger partial charge in [-0.25, -0.2) is 0 Å². The monoisotopic (exact) mass is 902 g/mol. The fourth-order valence-corrected chi connectivity index (χ4v) is 6.48. The van der Waals surface area contributed by atoms with E-state index in [0.717, 1.165) is 65.9 Å². The average molecular weight is 904 g/mol. The molecule has 4 aromatic heterocycles. The zero-order valence-electron chi connectivity index (χ0n) is 32.8. The zero-order valence-corrected chi connectivity index (χ0v) is 35.2. The van der Waals surface area contributed by atoms with Gasteiger partial charge in [-0.05, 0) is 72.2 Å². The molecular weight excluding hydrogens is 860 g/mol. The second kappa shape index (κ2) is 22.3. The van der Waals surface area contributed by atoms with Crippen LogP contribution in [0.4, 0.5) is 0 Å². The van der Waals surface area contributed by atoms with Crippen molar-refractivity contribution in [3.05, 3.63) is 144 Å². The Hall–Kier alpha value is -6.36. The Morgan fingerprint density at radius 2 is 0.557 bits per heavy atom. The van der Waals surface area contributed by atoms with Crippen LogP contribution in [-0.4, -0.2) is 68.0 Å². The molecule has 0 saturated heterocycles. The summed E-state index contributed by atoms with van der Waals surface area (Å²) in [5.74, 6) is -4.89. The van der Waals surface area contributed by atoms with Crippen LogP contribution in [0.5, 0.6) is 0 Å². The van der Waals surface area contributed by atoms with Crippen LogP contribution < -0.4 is 43.4 Å². The normalized spacial score (nSPS) is 12.7. The number of para-hydroxylation sites is 4. The molecule has 4 aromatic carbocycles. The van der Waals surface area contributed by atoms with E-state index in [2.05, 4.69) is 19.9 Å². The molecule has 17 heteroatoms. The predicted octanol–water partition coefficient (Wildman–Crippen LogP) is -0.852. The van der Waals surface area contributed by atoms with Crippen LogP contribution in [0.25, 0.3) is 43.6 Å². The van der Waals surface area contributed by atoms with E-state index in [-0.39, 0.29) is 51.9 Å². The Morgan fingerprint density at radius 3 is 0.738 bits per heavy atom. The van der Waals surface area contributed by atoms with Gasteiger partial charge in [0.1, 0.15) is 0 Å². The number of aromatic nitrogens is 4. The molecule has 0 bridgehead atoms. The van der Waals surface area contributed by atoms with Crippen molar-refractivity contribution in [1.29, 1.82) is 0 Å². The first-order chi connectivity index (χ1) is 28.7. The van der Waals surface area contributed by atoms with Gasteiger partial charge in [0, 0.05) is 92.6 Å². The summed E-state index contributed by atoms with van der Waals surface area (Å²) >= 11 is 0. The maximum absolute atomic E-state index is 10.5. The first kappa shape index (κ1) is 47.3. The number of hydrogen-bond donors (Lipinski definition) is 8. The molecule has 0 radical (unpaired) electrons. The van der Waals surface area contributed by atoms with E-state index in [1.54, 1.807) is 24.8 Å². The van der Waals surface area contributed by atoms with Crippen LogP contribution in [0, 0.1) is 0 Å². The third-order valence-electron chi connectivity index (χ3n) is 9.67. The number of fused-ring (bicyclic) bond motifs is 4. The van der Waals surface area contributed by atoms with Crippen molar-refractivity contribution in [3.63, 3.8) is 0 Å². The first-order valence-electron chi connectivity index (χ1n) is 18.8.